The molecule has 0 amide bonds. The normalized spacial score (nSPS) is 11.4. The van der Waals surface area contributed by atoms with Crippen LogP contribution in [0.25, 0.3) is 0 Å². The van der Waals surface area contributed by atoms with Crippen LogP contribution in [0.5, 0.6) is 0 Å². The van der Waals surface area contributed by atoms with E-state index in [1.165, 1.54) is 12.2 Å². The quantitative estimate of drug-likeness (QED) is 0.522. The molecule has 0 heterocycles. The van der Waals surface area contributed by atoms with Gasteiger partial charge < -0.3 is 0 Å². The molecule has 0 unspecified atom stereocenters. The van der Waals surface area contributed by atoms with Gasteiger partial charge in [-0.1, -0.05) is 0 Å². The van der Waals surface area contributed by atoms with Crippen molar-refractivity contribution >= 4 is 12.2 Å². The van der Waals surface area contributed by atoms with Gasteiger partial charge in [0.25, 0.3) is 0 Å². The Labute approximate surface area is 83.3 Å². The fourth-order valence-electron chi connectivity index (χ4n) is 0.749. The van der Waals surface area contributed by atoms with E-state index in [2.05, 4.69) is 15.3 Å². The van der Waals surface area contributed by atoms with Crippen LogP contribution in [0.3, 0.4) is 0 Å². The summed E-state index contributed by atoms with van der Waals surface area (Å²) in [5.74, 6) is 0. The number of hydrogen-bond acceptors (Lipinski definition) is 5. The van der Waals surface area contributed by atoms with Crippen molar-refractivity contribution in [1.29, 1.82) is 0 Å². The van der Waals surface area contributed by atoms with Gasteiger partial charge in [0, 0.05) is 6.54 Å². The number of rotatable bonds is 5. The maximum absolute atomic E-state index is 10.1. The standard InChI is InChI=1S/C9H15N3O2/c1-8(2,11-6-13)5-10-9(3,4)12-7-14/h10H,5H2,1-4H3. The zero-order valence-corrected chi connectivity index (χ0v) is 8.92. The van der Waals surface area contributed by atoms with Gasteiger partial charge in [0.15, 0.2) is 0 Å². The molecular weight excluding hydrogens is 182 g/mol. The van der Waals surface area contributed by atoms with Gasteiger partial charge >= 0.3 is 0 Å². The predicted octanol–water partition coefficient (Wildman–Crippen LogP) is 0.762. The number of carbonyl (C=O) groups excluding carboxylic acids is 2. The number of hydrogen-bond donors (Lipinski definition) is 1. The molecule has 0 aliphatic carbocycles. The van der Waals surface area contributed by atoms with Crippen LogP contribution in [-0.2, 0) is 9.59 Å². The third-order valence-electron chi connectivity index (χ3n) is 1.63. The third kappa shape index (κ3) is 5.38. The van der Waals surface area contributed by atoms with Crippen LogP contribution in [0.2, 0.25) is 0 Å². The first kappa shape index (κ1) is 12.7. The van der Waals surface area contributed by atoms with Crippen molar-refractivity contribution in [2.24, 2.45) is 9.98 Å². The van der Waals surface area contributed by atoms with E-state index in [1.807, 2.05) is 0 Å². The molecule has 0 aromatic heterocycles. The van der Waals surface area contributed by atoms with E-state index < -0.39 is 11.2 Å². The van der Waals surface area contributed by atoms with Crippen molar-refractivity contribution in [1.82, 2.24) is 5.32 Å². The van der Waals surface area contributed by atoms with E-state index in [9.17, 15) is 9.59 Å². The maximum Gasteiger partial charge on any atom is 0.236 e. The number of isocyanates is 2. The Morgan fingerprint density at radius 1 is 1.07 bits per heavy atom. The first-order valence-corrected chi connectivity index (χ1v) is 4.26. The fourth-order valence-corrected chi connectivity index (χ4v) is 0.749. The van der Waals surface area contributed by atoms with E-state index in [4.69, 9.17) is 0 Å². The highest BCUT2D eigenvalue weighted by atomic mass is 16.1. The van der Waals surface area contributed by atoms with E-state index in [0.717, 1.165) is 0 Å². The molecule has 0 spiro atoms. The number of nitrogens with one attached hydrogen (secondary N) is 1. The highest BCUT2D eigenvalue weighted by molar-refractivity contribution is 5.35. The van der Waals surface area contributed by atoms with E-state index >= 15 is 0 Å². The summed E-state index contributed by atoms with van der Waals surface area (Å²) in [5, 5.41) is 2.98. The van der Waals surface area contributed by atoms with Gasteiger partial charge in [-0.15, -0.1) is 0 Å². The molecule has 0 aliphatic heterocycles. The molecule has 0 rings (SSSR count). The monoisotopic (exact) mass is 197 g/mol. The van der Waals surface area contributed by atoms with Crippen LogP contribution in [0.1, 0.15) is 27.7 Å². The summed E-state index contributed by atoms with van der Waals surface area (Å²) in [6.07, 6.45) is 2.98. The van der Waals surface area contributed by atoms with E-state index in [1.54, 1.807) is 27.7 Å². The average Bonchev–Trinajstić information content (AvgIpc) is 2.01. The summed E-state index contributed by atoms with van der Waals surface area (Å²) < 4.78 is 0. The Hall–Kier alpha value is -1.28. The van der Waals surface area contributed by atoms with Crippen molar-refractivity contribution in [3.8, 4) is 0 Å². The molecule has 0 aromatic carbocycles. The van der Waals surface area contributed by atoms with E-state index in [-0.39, 0.29) is 0 Å². The second-order valence-corrected chi connectivity index (χ2v) is 4.13. The van der Waals surface area contributed by atoms with Gasteiger partial charge in [-0.3, -0.25) is 5.32 Å². The Morgan fingerprint density at radius 3 is 2.00 bits per heavy atom. The highest BCUT2D eigenvalue weighted by Crippen LogP contribution is 2.09. The molecule has 0 aromatic rings. The molecule has 0 bridgehead atoms. The lowest BCUT2D eigenvalue weighted by atomic mass is 10.1. The van der Waals surface area contributed by atoms with Gasteiger partial charge in [-0.25, -0.2) is 9.59 Å². The Kier molecular flexibility index (Phi) is 4.38. The van der Waals surface area contributed by atoms with Crippen LogP contribution < -0.4 is 5.32 Å². The van der Waals surface area contributed by atoms with Crippen molar-refractivity contribution in [3.05, 3.63) is 0 Å². The molecule has 1 N–H and O–H groups in total. The highest BCUT2D eigenvalue weighted by Gasteiger charge is 2.22. The Balaban J connectivity index is 4.30. The summed E-state index contributed by atoms with van der Waals surface area (Å²) in [7, 11) is 0. The summed E-state index contributed by atoms with van der Waals surface area (Å²) in [6, 6.07) is 0. The minimum atomic E-state index is -0.683. The van der Waals surface area contributed by atoms with Crippen molar-refractivity contribution < 1.29 is 9.59 Å². The minimum absolute atomic E-state index is 0.431. The molecule has 0 atom stereocenters. The maximum atomic E-state index is 10.1. The van der Waals surface area contributed by atoms with Gasteiger partial charge in [-0.05, 0) is 27.7 Å². The van der Waals surface area contributed by atoms with Crippen molar-refractivity contribution in [2.75, 3.05) is 6.54 Å². The van der Waals surface area contributed by atoms with E-state index in [0.29, 0.717) is 6.54 Å². The average molecular weight is 197 g/mol. The zero-order chi connectivity index (χ0) is 11.2. The predicted molar refractivity (Wildman–Crippen MR) is 52.4 cm³/mol. The molecule has 5 nitrogen and oxygen atoms in total. The molecule has 0 saturated carbocycles. The van der Waals surface area contributed by atoms with Crippen LogP contribution in [0.15, 0.2) is 9.98 Å². The van der Waals surface area contributed by atoms with Gasteiger partial charge in [0.05, 0.1) is 5.54 Å². The summed E-state index contributed by atoms with van der Waals surface area (Å²) >= 11 is 0. The zero-order valence-electron chi connectivity index (χ0n) is 8.92. The summed E-state index contributed by atoms with van der Waals surface area (Å²) in [4.78, 5) is 27.3. The minimum Gasteiger partial charge on any atom is -0.291 e. The second-order valence-electron chi connectivity index (χ2n) is 4.13. The summed E-state index contributed by atoms with van der Waals surface area (Å²) in [6.45, 7) is 7.47. The third-order valence-corrected chi connectivity index (χ3v) is 1.63. The van der Waals surface area contributed by atoms with Gasteiger partial charge in [0.2, 0.25) is 12.2 Å². The Morgan fingerprint density at radius 2 is 1.57 bits per heavy atom. The fraction of sp³-hybridized carbons (Fsp3) is 0.778. The molecular formula is C9H15N3O2. The molecule has 78 valence electrons. The molecule has 0 radical (unpaired) electrons. The molecule has 0 saturated heterocycles. The molecule has 5 heteroatoms. The van der Waals surface area contributed by atoms with Crippen molar-refractivity contribution in [2.45, 2.75) is 38.9 Å². The summed E-state index contributed by atoms with van der Waals surface area (Å²) in [5.41, 5.74) is -1.23. The van der Waals surface area contributed by atoms with Crippen LogP contribution >= 0.6 is 0 Å². The van der Waals surface area contributed by atoms with Gasteiger partial charge in [0.1, 0.15) is 5.66 Å². The SMILES string of the molecule is CC(C)(CNC(C)(C)N=C=O)N=C=O. The second kappa shape index (κ2) is 4.82. The van der Waals surface area contributed by atoms with Crippen molar-refractivity contribution in [3.63, 3.8) is 0 Å². The molecule has 0 aliphatic rings. The molecule has 14 heavy (non-hydrogen) atoms. The number of nitrogens with zero attached hydrogens (tertiary/aromatic N) is 2. The largest absolute Gasteiger partial charge is 0.291 e. The smallest absolute Gasteiger partial charge is 0.236 e. The lowest BCUT2D eigenvalue weighted by Crippen LogP contribution is -2.44. The first-order chi connectivity index (χ1) is 6.33. The van der Waals surface area contributed by atoms with Crippen LogP contribution in [0.4, 0.5) is 0 Å². The first-order valence-electron chi connectivity index (χ1n) is 4.26. The Bertz CT molecular complexity index is 254. The topological polar surface area (TPSA) is 70.9 Å². The molecule has 0 fully saturated rings. The lowest BCUT2D eigenvalue weighted by molar-refractivity contribution is 0.351. The lowest BCUT2D eigenvalue weighted by Gasteiger charge is -2.25. The number of aliphatic imine (C=N–C) groups is 2. The van der Waals surface area contributed by atoms with Gasteiger partial charge in [-0.2, -0.15) is 9.98 Å². The van der Waals surface area contributed by atoms with Crippen LogP contribution in [-0.4, -0.2) is 29.9 Å². The van der Waals surface area contributed by atoms with Crippen LogP contribution in [0, 0.1) is 0 Å².